The number of benzene rings is 2. The smallest absolute Gasteiger partial charge is 0.269 e. The van der Waals surface area contributed by atoms with Crippen LogP contribution in [0.5, 0.6) is 0 Å². The van der Waals surface area contributed by atoms with E-state index in [0.29, 0.717) is 16.7 Å². The largest absolute Gasteiger partial charge is 0.378 e. The molecule has 9 heteroatoms. The summed E-state index contributed by atoms with van der Waals surface area (Å²) in [7, 11) is 3.93. The van der Waals surface area contributed by atoms with Crippen molar-refractivity contribution in [3.63, 3.8) is 0 Å². The predicted octanol–water partition coefficient (Wildman–Crippen LogP) is 2.93. The highest BCUT2D eigenvalue weighted by Crippen LogP contribution is 2.27. The van der Waals surface area contributed by atoms with E-state index in [2.05, 4.69) is 10.2 Å². The van der Waals surface area contributed by atoms with Crippen molar-refractivity contribution < 1.29 is 4.92 Å². The van der Waals surface area contributed by atoms with Crippen molar-refractivity contribution in [2.75, 3.05) is 24.8 Å². The molecule has 3 aromatic rings. The van der Waals surface area contributed by atoms with Gasteiger partial charge in [-0.15, -0.1) is 10.2 Å². The van der Waals surface area contributed by atoms with Gasteiger partial charge in [0, 0.05) is 43.2 Å². The van der Waals surface area contributed by atoms with Crippen molar-refractivity contribution in [3.05, 3.63) is 64.2 Å². The van der Waals surface area contributed by atoms with E-state index in [1.807, 2.05) is 49.3 Å². The minimum Gasteiger partial charge on any atom is -0.378 e. The number of anilines is 1. The zero-order chi connectivity index (χ0) is 18.7. The van der Waals surface area contributed by atoms with Gasteiger partial charge in [0.1, 0.15) is 0 Å². The summed E-state index contributed by atoms with van der Waals surface area (Å²) < 4.78 is 1.44. The molecular formula is C17H18N6O2S. The maximum absolute atomic E-state index is 10.9. The molecule has 0 bridgehead atoms. The molecule has 1 heterocycles. The molecule has 0 saturated heterocycles. The summed E-state index contributed by atoms with van der Waals surface area (Å²) in [5.41, 5.74) is 2.80. The minimum atomic E-state index is -0.407. The molecule has 0 aliphatic heterocycles. The number of thioether (sulfide) groups is 1. The molecule has 8 nitrogen and oxygen atoms in total. The molecule has 134 valence electrons. The zero-order valence-electron chi connectivity index (χ0n) is 14.4. The second-order valence-electron chi connectivity index (χ2n) is 5.84. The number of rotatable bonds is 6. The summed E-state index contributed by atoms with van der Waals surface area (Å²) >= 11 is 1.38. The fraction of sp³-hybridized carbons (Fsp3) is 0.176. The molecule has 0 radical (unpaired) electrons. The highest BCUT2D eigenvalue weighted by atomic mass is 32.2. The van der Waals surface area contributed by atoms with Gasteiger partial charge in [-0.05, 0) is 17.7 Å². The lowest BCUT2D eigenvalue weighted by Crippen LogP contribution is -2.12. The summed E-state index contributed by atoms with van der Waals surface area (Å²) in [6.45, 7) is 0. The molecule has 0 saturated carbocycles. The first-order chi connectivity index (χ1) is 12.5. The number of nitrogens with zero attached hydrogens (tertiary/aromatic N) is 5. The average Bonchev–Trinajstić information content (AvgIpc) is 3.01. The van der Waals surface area contributed by atoms with Gasteiger partial charge in [-0.1, -0.05) is 36.0 Å². The number of nitro groups is 1. The number of non-ortho nitro benzene ring substituents is 1. The normalized spacial score (nSPS) is 10.7. The Morgan fingerprint density at radius 3 is 2.69 bits per heavy atom. The number of nitrogen functional groups attached to an aromatic ring is 1. The van der Waals surface area contributed by atoms with Gasteiger partial charge in [-0.2, -0.15) is 0 Å². The van der Waals surface area contributed by atoms with Gasteiger partial charge in [0.15, 0.2) is 5.82 Å². The van der Waals surface area contributed by atoms with Crippen molar-refractivity contribution in [3.8, 4) is 11.4 Å². The van der Waals surface area contributed by atoms with Crippen LogP contribution in [0, 0.1) is 10.1 Å². The van der Waals surface area contributed by atoms with E-state index in [1.54, 1.807) is 12.1 Å². The van der Waals surface area contributed by atoms with Crippen LogP contribution in [0.4, 0.5) is 11.4 Å². The van der Waals surface area contributed by atoms with Gasteiger partial charge in [-0.25, -0.2) is 4.68 Å². The number of hydrogen-bond acceptors (Lipinski definition) is 7. The molecule has 0 amide bonds. The molecule has 0 spiro atoms. The van der Waals surface area contributed by atoms with Crippen LogP contribution in [0.3, 0.4) is 0 Å². The molecule has 3 rings (SSSR count). The Morgan fingerprint density at radius 1 is 1.19 bits per heavy atom. The van der Waals surface area contributed by atoms with Gasteiger partial charge in [-0.3, -0.25) is 10.1 Å². The molecule has 0 aliphatic rings. The lowest BCUT2D eigenvalue weighted by atomic mass is 10.2. The summed E-state index contributed by atoms with van der Waals surface area (Å²) in [5.74, 6) is 7.23. The van der Waals surface area contributed by atoms with Crippen molar-refractivity contribution >= 4 is 23.1 Å². The lowest BCUT2D eigenvalue weighted by molar-refractivity contribution is -0.384. The highest BCUT2D eigenvalue weighted by Gasteiger charge is 2.14. The monoisotopic (exact) mass is 370 g/mol. The quantitative estimate of drug-likeness (QED) is 0.308. The Hall–Kier alpha value is -3.07. The van der Waals surface area contributed by atoms with E-state index in [9.17, 15) is 10.1 Å². The van der Waals surface area contributed by atoms with E-state index in [1.165, 1.54) is 22.5 Å². The predicted molar refractivity (Wildman–Crippen MR) is 103 cm³/mol. The Kier molecular flexibility index (Phi) is 5.08. The van der Waals surface area contributed by atoms with E-state index < -0.39 is 4.92 Å². The van der Waals surface area contributed by atoms with Crippen LogP contribution in [0.25, 0.3) is 11.4 Å². The van der Waals surface area contributed by atoms with Crippen molar-refractivity contribution in [1.29, 1.82) is 0 Å². The van der Waals surface area contributed by atoms with Crippen LogP contribution in [0.15, 0.2) is 53.7 Å². The molecule has 1 aromatic heterocycles. The van der Waals surface area contributed by atoms with Crippen LogP contribution in [0.1, 0.15) is 5.56 Å². The van der Waals surface area contributed by atoms with Crippen molar-refractivity contribution in [2.24, 2.45) is 0 Å². The third kappa shape index (κ3) is 3.77. The fourth-order valence-corrected chi connectivity index (χ4v) is 3.20. The third-order valence-electron chi connectivity index (χ3n) is 3.77. The van der Waals surface area contributed by atoms with Crippen LogP contribution < -0.4 is 10.7 Å². The first kappa shape index (κ1) is 17.7. The Bertz CT molecular complexity index is 941. The minimum absolute atomic E-state index is 0.0681. The molecule has 2 N–H and O–H groups in total. The van der Waals surface area contributed by atoms with Crippen LogP contribution in [-0.2, 0) is 5.75 Å². The van der Waals surface area contributed by atoms with Crippen molar-refractivity contribution in [2.45, 2.75) is 10.9 Å². The Labute approximate surface area is 154 Å². The molecule has 0 atom stereocenters. The number of nitrogens with two attached hydrogens (primary N) is 1. The summed E-state index contributed by atoms with van der Waals surface area (Å²) in [5, 5.41) is 19.7. The molecule has 2 aromatic carbocycles. The molecule has 0 unspecified atom stereocenters. The Morgan fingerprint density at radius 2 is 1.96 bits per heavy atom. The van der Waals surface area contributed by atoms with E-state index in [4.69, 9.17) is 5.84 Å². The topological polar surface area (TPSA) is 103 Å². The fourth-order valence-electron chi connectivity index (χ4n) is 2.40. The van der Waals surface area contributed by atoms with Gasteiger partial charge >= 0.3 is 0 Å². The number of aromatic nitrogens is 3. The van der Waals surface area contributed by atoms with Gasteiger partial charge in [0.25, 0.3) is 5.69 Å². The SMILES string of the molecule is CN(C)c1cccc(-c2nnc(SCc3cccc([N+](=O)[O-])c3)n2N)c1. The molecular weight excluding hydrogens is 352 g/mol. The number of nitro benzene ring substituents is 1. The summed E-state index contributed by atoms with van der Waals surface area (Å²) in [6, 6.07) is 14.4. The highest BCUT2D eigenvalue weighted by molar-refractivity contribution is 7.98. The summed E-state index contributed by atoms with van der Waals surface area (Å²) in [4.78, 5) is 12.5. The summed E-state index contributed by atoms with van der Waals surface area (Å²) in [6.07, 6.45) is 0. The first-order valence-electron chi connectivity index (χ1n) is 7.80. The lowest BCUT2D eigenvalue weighted by Gasteiger charge is -2.13. The second kappa shape index (κ2) is 7.44. The third-order valence-corrected chi connectivity index (χ3v) is 4.79. The van der Waals surface area contributed by atoms with Gasteiger partial charge in [0.2, 0.25) is 5.16 Å². The van der Waals surface area contributed by atoms with E-state index in [0.717, 1.165) is 16.8 Å². The Balaban J connectivity index is 1.78. The van der Waals surface area contributed by atoms with Crippen LogP contribution in [0.2, 0.25) is 0 Å². The average molecular weight is 370 g/mol. The van der Waals surface area contributed by atoms with Crippen molar-refractivity contribution in [1.82, 2.24) is 14.9 Å². The molecule has 26 heavy (non-hydrogen) atoms. The maximum atomic E-state index is 10.9. The zero-order valence-corrected chi connectivity index (χ0v) is 15.2. The number of hydrogen-bond donors (Lipinski definition) is 1. The second-order valence-corrected chi connectivity index (χ2v) is 6.78. The van der Waals surface area contributed by atoms with E-state index in [-0.39, 0.29) is 5.69 Å². The standard InChI is InChI=1S/C17H18N6O2S/c1-21(2)14-7-4-6-13(10-14)16-19-20-17(22(16)18)26-11-12-5-3-8-15(9-12)23(24)25/h3-10H,11,18H2,1-2H3. The molecule has 0 aliphatic carbocycles. The van der Waals surface area contributed by atoms with E-state index >= 15 is 0 Å². The van der Waals surface area contributed by atoms with Gasteiger partial charge in [0.05, 0.1) is 4.92 Å². The molecule has 0 fully saturated rings. The first-order valence-corrected chi connectivity index (χ1v) is 8.78. The maximum Gasteiger partial charge on any atom is 0.269 e. The van der Waals surface area contributed by atoms with Gasteiger partial charge < -0.3 is 10.7 Å². The van der Waals surface area contributed by atoms with Crippen LogP contribution in [-0.4, -0.2) is 33.9 Å². The van der Waals surface area contributed by atoms with Crippen LogP contribution >= 0.6 is 11.8 Å².